The number of halogens is 3. The molecule has 1 amide bonds. The lowest BCUT2D eigenvalue weighted by atomic mass is 10.0. The summed E-state index contributed by atoms with van der Waals surface area (Å²) in [5.41, 5.74) is 3.14. The Hall–Kier alpha value is -4.67. The van der Waals surface area contributed by atoms with Crippen molar-refractivity contribution in [3.05, 3.63) is 90.0 Å². The molecular weight excluding hydrogens is 463 g/mol. The van der Waals surface area contributed by atoms with Gasteiger partial charge in [-0.05, 0) is 30.3 Å². The molecule has 0 saturated heterocycles. The summed E-state index contributed by atoms with van der Waals surface area (Å²) in [6, 6.07) is 21.6. The maximum atomic E-state index is 12.9. The number of nitrogens with zero attached hydrogens (tertiary/aromatic N) is 3. The molecule has 1 atom stereocenters. The van der Waals surface area contributed by atoms with E-state index < -0.39 is 18.4 Å². The van der Waals surface area contributed by atoms with Crippen molar-refractivity contribution in [2.24, 2.45) is 4.99 Å². The van der Waals surface area contributed by atoms with Crippen molar-refractivity contribution in [1.82, 2.24) is 10.2 Å². The summed E-state index contributed by atoms with van der Waals surface area (Å²) in [5.74, 6) is -0.774. The second kappa shape index (κ2) is 8.93. The number of aromatic nitrogens is 2. The van der Waals surface area contributed by atoms with Crippen molar-refractivity contribution in [2.45, 2.75) is 12.5 Å². The number of carbonyl (C=O) groups is 1. The van der Waals surface area contributed by atoms with Crippen LogP contribution in [-0.2, 0) is 4.79 Å². The minimum Gasteiger partial charge on any atom is -0.406 e. The first kappa shape index (κ1) is 22.1. The molecule has 1 unspecified atom stereocenters. The van der Waals surface area contributed by atoms with Crippen LogP contribution in [0.2, 0.25) is 0 Å². The van der Waals surface area contributed by atoms with E-state index in [4.69, 9.17) is 4.42 Å². The number of alkyl halides is 3. The SMILES string of the molecule is O=C1Nc2ccccc2C(c2ccccc2)=NC1Nc1nnc(-c2ccc(OC(F)(F)F)cc2)o1. The summed E-state index contributed by atoms with van der Waals surface area (Å²) in [6.45, 7) is 0. The number of nitrogens with one attached hydrogen (secondary N) is 2. The summed E-state index contributed by atoms with van der Waals surface area (Å²) in [4.78, 5) is 17.5. The molecule has 1 aliphatic heterocycles. The fourth-order valence-corrected chi connectivity index (χ4v) is 3.50. The number of benzene rings is 3. The lowest BCUT2D eigenvalue weighted by molar-refractivity contribution is -0.274. The van der Waals surface area contributed by atoms with Gasteiger partial charge in [-0.2, -0.15) is 0 Å². The third-order valence-electron chi connectivity index (χ3n) is 5.01. The van der Waals surface area contributed by atoms with E-state index in [0.29, 0.717) is 17.0 Å². The van der Waals surface area contributed by atoms with E-state index in [-0.39, 0.29) is 17.7 Å². The average molecular weight is 479 g/mol. The Bertz CT molecular complexity index is 1390. The molecule has 8 nitrogen and oxygen atoms in total. The number of carbonyl (C=O) groups excluding carboxylic acids is 1. The number of fused-ring (bicyclic) bond motifs is 1. The molecule has 2 heterocycles. The number of hydrogen-bond acceptors (Lipinski definition) is 7. The van der Waals surface area contributed by atoms with Crippen molar-refractivity contribution < 1.29 is 27.1 Å². The standard InChI is InChI=1S/C24H16F3N5O3/c25-24(26,27)35-16-12-10-15(11-13-16)22-31-32-23(34-22)30-20-21(33)28-18-9-5-4-8-17(18)19(29-20)14-6-2-1-3-7-14/h1-13,20H,(H,28,33)(H,30,32). The Morgan fingerprint density at radius 1 is 0.886 bits per heavy atom. The number of anilines is 2. The van der Waals surface area contributed by atoms with E-state index in [2.05, 4.69) is 30.6 Å². The van der Waals surface area contributed by atoms with Crippen molar-refractivity contribution in [2.75, 3.05) is 10.6 Å². The Labute approximate surface area is 196 Å². The van der Waals surface area contributed by atoms with Crippen LogP contribution < -0.4 is 15.4 Å². The molecule has 3 aromatic carbocycles. The Morgan fingerprint density at radius 3 is 2.34 bits per heavy atom. The van der Waals surface area contributed by atoms with E-state index in [1.54, 1.807) is 6.07 Å². The van der Waals surface area contributed by atoms with Gasteiger partial charge < -0.3 is 19.8 Å². The van der Waals surface area contributed by atoms with Gasteiger partial charge in [0.2, 0.25) is 12.1 Å². The van der Waals surface area contributed by atoms with Crippen molar-refractivity contribution in [3.63, 3.8) is 0 Å². The second-order valence-corrected chi connectivity index (χ2v) is 7.41. The van der Waals surface area contributed by atoms with Crippen molar-refractivity contribution in [1.29, 1.82) is 0 Å². The lowest BCUT2D eigenvalue weighted by Crippen LogP contribution is -2.32. The molecule has 2 N–H and O–H groups in total. The summed E-state index contributed by atoms with van der Waals surface area (Å²) in [7, 11) is 0. The molecule has 0 aliphatic carbocycles. The van der Waals surface area contributed by atoms with Crippen molar-refractivity contribution >= 4 is 23.3 Å². The van der Waals surface area contributed by atoms with Crippen LogP contribution in [0.5, 0.6) is 5.75 Å². The quantitative estimate of drug-likeness (QED) is 0.424. The maximum Gasteiger partial charge on any atom is 0.573 e. The first-order valence-corrected chi connectivity index (χ1v) is 10.4. The summed E-state index contributed by atoms with van der Waals surface area (Å²) >= 11 is 0. The first-order chi connectivity index (χ1) is 16.9. The zero-order valence-corrected chi connectivity index (χ0v) is 17.8. The highest BCUT2D eigenvalue weighted by molar-refractivity contribution is 6.19. The fraction of sp³-hybridized carbons (Fsp3) is 0.0833. The zero-order valence-electron chi connectivity index (χ0n) is 17.8. The number of hydrogen-bond donors (Lipinski definition) is 2. The van der Waals surface area contributed by atoms with Gasteiger partial charge in [-0.25, -0.2) is 4.99 Å². The predicted molar refractivity (Wildman–Crippen MR) is 121 cm³/mol. The van der Waals surface area contributed by atoms with Crippen LogP contribution in [0.4, 0.5) is 24.9 Å². The molecule has 0 fully saturated rings. The molecule has 1 aromatic heterocycles. The van der Waals surface area contributed by atoms with Gasteiger partial charge in [0.15, 0.2) is 0 Å². The number of ether oxygens (including phenoxy) is 1. The molecule has 0 saturated carbocycles. The zero-order chi connectivity index (χ0) is 24.4. The molecule has 0 bridgehead atoms. The van der Waals surface area contributed by atoms with Gasteiger partial charge >= 0.3 is 12.4 Å². The highest BCUT2D eigenvalue weighted by Gasteiger charge is 2.31. The highest BCUT2D eigenvalue weighted by Crippen LogP contribution is 2.28. The molecule has 176 valence electrons. The van der Waals surface area contributed by atoms with Gasteiger partial charge in [0.1, 0.15) is 5.75 Å². The first-order valence-electron chi connectivity index (χ1n) is 10.4. The van der Waals surface area contributed by atoms with Crippen LogP contribution in [0.1, 0.15) is 11.1 Å². The molecule has 35 heavy (non-hydrogen) atoms. The average Bonchev–Trinajstić information content (AvgIpc) is 3.25. The van der Waals surface area contributed by atoms with Gasteiger partial charge in [0.25, 0.3) is 5.91 Å². The Balaban J connectivity index is 1.41. The van der Waals surface area contributed by atoms with Gasteiger partial charge in [-0.15, -0.1) is 18.3 Å². The summed E-state index contributed by atoms with van der Waals surface area (Å²) in [6.07, 6.45) is -5.88. The van der Waals surface area contributed by atoms with E-state index >= 15 is 0 Å². The molecule has 5 rings (SSSR count). The normalized spacial score (nSPS) is 15.5. The lowest BCUT2D eigenvalue weighted by Gasteiger charge is -2.11. The number of rotatable bonds is 5. The Kier molecular flexibility index (Phi) is 5.65. The summed E-state index contributed by atoms with van der Waals surface area (Å²) < 4.78 is 46.5. The van der Waals surface area contributed by atoms with E-state index in [0.717, 1.165) is 23.3 Å². The Morgan fingerprint density at radius 2 is 1.60 bits per heavy atom. The number of para-hydroxylation sites is 1. The van der Waals surface area contributed by atoms with E-state index in [1.165, 1.54) is 12.1 Å². The van der Waals surface area contributed by atoms with Crippen LogP contribution in [-0.4, -0.2) is 34.3 Å². The van der Waals surface area contributed by atoms with Gasteiger partial charge in [0.05, 0.1) is 11.4 Å². The fourth-order valence-electron chi connectivity index (χ4n) is 3.50. The molecule has 11 heteroatoms. The maximum absolute atomic E-state index is 12.9. The minimum atomic E-state index is -4.79. The highest BCUT2D eigenvalue weighted by atomic mass is 19.4. The number of benzodiazepines with no additional fused rings is 1. The van der Waals surface area contributed by atoms with Crippen LogP contribution >= 0.6 is 0 Å². The van der Waals surface area contributed by atoms with Gasteiger partial charge in [0, 0.05) is 16.7 Å². The smallest absolute Gasteiger partial charge is 0.406 e. The van der Waals surface area contributed by atoms with Crippen LogP contribution in [0.3, 0.4) is 0 Å². The van der Waals surface area contributed by atoms with E-state index in [9.17, 15) is 18.0 Å². The van der Waals surface area contributed by atoms with E-state index in [1.807, 2.05) is 48.5 Å². The molecule has 1 aliphatic rings. The van der Waals surface area contributed by atoms with Gasteiger partial charge in [-0.1, -0.05) is 53.6 Å². The topological polar surface area (TPSA) is 102 Å². The number of amides is 1. The van der Waals surface area contributed by atoms with Gasteiger partial charge in [-0.3, -0.25) is 4.79 Å². The van der Waals surface area contributed by atoms with Crippen molar-refractivity contribution in [3.8, 4) is 17.2 Å². The summed E-state index contributed by atoms with van der Waals surface area (Å²) in [5, 5.41) is 13.5. The second-order valence-electron chi connectivity index (χ2n) is 7.41. The van der Waals surface area contributed by atoms with Crippen LogP contribution in [0, 0.1) is 0 Å². The van der Waals surface area contributed by atoms with Crippen LogP contribution in [0.25, 0.3) is 11.5 Å². The molecule has 4 aromatic rings. The molecular formula is C24H16F3N5O3. The third kappa shape index (κ3) is 4.98. The monoisotopic (exact) mass is 479 g/mol. The largest absolute Gasteiger partial charge is 0.573 e. The predicted octanol–water partition coefficient (Wildman–Crippen LogP) is 4.86. The molecule has 0 radical (unpaired) electrons. The third-order valence-corrected chi connectivity index (χ3v) is 5.01. The van der Waals surface area contributed by atoms with Crippen LogP contribution in [0.15, 0.2) is 88.3 Å². The number of aliphatic imine (C=N–C) groups is 1. The molecule has 0 spiro atoms. The minimum absolute atomic E-state index is 0.0376.